The lowest BCUT2D eigenvalue weighted by atomic mass is 10.2. The van der Waals surface area contributed by atoms with Gasteiger partial charge in [-0.1, -0.05) is 6.07 Å². The molecule has 0 bridgehead atoms. The molecular weight excluding hydrogens is 260 g/mol. The zero-order chi connectivity index (χ0) is 14.4. The molecule has 0 aliphatic rings. The minimum atomic E-state index is -1.17. The molecule has 0 aliphatic heterocycles. The quantitative estimate of drug-likeness (QED) is 0.851. The maximum absolute atomic E-state index is 13.6. The molecule has 0 saturated heterocycles. The molecular formula is C12H13F2NO4. The molecule has 5 nitrogen and oxygen atoms in total. The van der Waals surface area contributed by atoms with Gasteiger partial charge >= 0.3 is 5.97 Å². The van der Waals surface area contributed by atoms with Crippen molar-refractivity contribution >= 4 is 17.6 Å². The molecule has 1 amide bonds. The molecule has 104 valence electrons. The molecule has 0 aromatic heterocycles. The highest BCUT2D eigenvalue weighted by Crippen LogP contribution is 2.23. The Morgan fingerprint density at radius 2 is 1.89 bits per heavy atom. The molecule has 1 N–H and O–H groups in total. The Morgan fingerprint density at radius 1 is 1.32 bits per heavy atom. The van der Waals surface area contributed by atoms with Crippen LogP contribution in [0.1, 0.15) is 6.42 Å². The van der Waals surface area contributed by atoms with Crippen LogP contribution >= 0.6 is 0 Å². The van der Waals surface area contributed by atoms with Crippen LogP contribution in [0.5, 0.6) is 0 Å². The highest BCUT2D eigenvalue weighted by atomic mass is 19.1. The highest BCUT2D eigenvalue weighted by molar-refractivity contribution is 5.95. The van der Waals surface area contributed by atoms with Crippen LogP contribution in [0, 0.1) is 11.6 Å². The van der Waals surface area contributed by atoms with Crippen molar-refractivity contribution in [3.63, 3.8) is 0 Å². The summed E-state index contributed by atoms with van der Waals surface area (Å²) in [6.07, 6.45) is -0.427. The second-order valence-electron chi connectivity index (χ2n) is 3.69. The zero-order valence-electron chi connectivity index (χ0n) is 10.2. The van der Waals surface area contributed by atoms with Crippen molar-refractivity contribution in [1.82, 2.24) is 0 Å². The van der Waals surface area contributed by atoms with E-state index in [-0.39, 0.29) is 6.54 Å². The Kier molecular flexibility index (Phi) is 5.37. The van der Waals surface area contributed by atoms with Crippen LogP contribution in [0.4, 0.5) is 14.5 Å². The molecule has 0 spiro atoms. The summed E-state index contributed by atoms with van der Waals surface area (Å²) >= 11 is 0. The van der Waals surface area contributed by atoms with E-state index >= 15 is 0 Å². The minimum Gasteiger partial charge on any atom is -0.481 e. The molecule has 0 aliphatic carbocycles. The van der Waals surface area contributed by atoms with E-state index in [2.05, 4.69) is 4.74 Å². The van der Waals surface area contributed by atoms with E-state index in [4.69, 9.17) is 5.11 Å². The number of methoxy groups -OCH3 is 1. The van der Waals surface area contributed by atoms with Crippen LogP contribution in [0.25, 0.3) is 0 Å². The molecule has 0 fully saturated rings. The van der Waals surface area contributed by atoms with Gasteiger partial charge in [-0.2, -0.15) is 0 Å². The summed E-state index contributed by atoms with van der Waals surface area (Å²) in [4.78, 5) is 23.0. The molecule has 0 atom stereocenters. The lowest BCUT2D eigenvalue weighted by molar-refractivity contribution is -0.136. The Morgan fingerprint density at radius 3 is 2.37 bits per heavy atom. The Hall–Kier alpha value is -2.02. The summed E-state index contributed by atoms with van der Waals surface area (Å²) in [7, 11) is 1.25. The first-order valence-corrected chi connectivity index (χ1v) is 5.42. The monoisotopic (exact) mass is 273 g/mol. The summed E-state index contributed by atoms with van der Waals surface area (Å²) in [6, 6.07) is 3.14. The first kappa shape index (κ1) is 15.0. The van der Waals surface area contributed by atoms with Crippen LogP contribution in [0.2, 0.25) is 0 Å². The maximum Gasteiger partial charge on any atom is 0.305 e. The SMILES string of the molecule is COCC(=O)N(CCC(=O)O)c1c(F)cccc1F. The predicted octanol–water partition coefficient (Wildman–Crippen LogP) is 1.42. The van der Waals surface area contributed by atoms with Crippen LogP contribution in [-0.2, 0) is 14.3 Å². The number of amides is 1. The molecule has 19 heavy (non-hydrogen) atoms. The summed E-state index contributed by atoms with van der Waals surface area (Å²) in [5.74, 6) is -3.76. The van der Waals surface area contributed by atoms with Gasteiger partial charge in [-0.3, -0.25) is 9.59 Å². The number of hydrogen-bond donors (Lipinski definition) is 1. The lowest BCUT2D eigenvalue weighted by Crippen LogP contribution is -2.36. The number of para-hydroxylation sites is 1. The second kappa shape index (κ2) is 6.79. The molecule has 0 saturated carbocycles. The lowest BCUT2D eigenvalue weighted by Gasteiger charge is -2.22. The van der Waals surface area contributed by atoms with Gasteiger partial charge in [-0.25, -0.2) is 8.78 Å². The molecule has 0 heterocycles. The third-order valence-corrected chi connectivity index (χ3v) is 2.33. The van der Waals surface area contributed by atoms with E-state index in [1.807, 2.05) is 0 Å². The van der Waals surface area contributed by atoms with Gasteiger partial charge in [0.15, 0.2) is 0 Å². The maximum atomic E-state index is 13.6. The number of rotatable bonds is 6. The Balaban J connectivity index is 3.07. The normalized spacial score (nSPS) is 10.3. The molecule has 0 radical (unpaired) electrons. The minimum absolute atomic E-state index is 0.338. The fourth-order valence-corrected chi connectivity index (χ4v) is 1.52. The van der Waals surface area contributed by atoms with Crippen molar-refractivity contribution in [1.29, 1.82) is 0 Å². The highest BCUT2D eigenvalue weighted by Gasteiger charge is 2.23. The van der Waals surface area contributed by atoms with Gasteiger partial charge in [0, 0.05) is 13.7 Å². The number of nitrogens with zero attached hydrogens (tertiary/aromatic N) is 1. The van der Waals surface area contributed by atoms with Gasteiger partial charge in [0.05, 0.1) is 6.42 Å². The fraction of sp³-hybridized carbons (Fsp3) is 0.333. The first-order valence-electron chi connectivity index (χ1n) is 5.42. The number of carboxylic acids is 1. The zero-order valence-corrected chi connectivity index (χ0v) is 10.2. The summed E-state index contributed by atoms with van der Waals surface area (Å²) < 4.78 is 31.8. The standard InChI is InChI=1S/C12H13F2NO4/c1-19-7-10(16)15(6-5-11(17)18)12-8(13)3-2-4-9(12)14/h2-4H,5-7H2,1H3,(H,17,18). The van der Waals surface area contributed by atoms with Gasteiger partial charge in [-0.05, 0) is 12.1 Å². The van der Waals surface area contributed by atoms with Crippen LogP contribution in [0.15, 0.2) is 18.2 Å². The van der Waals surface area contributed by atoms with Crippen LogP contribution in [-0.4, -0.2) is 37.2 Å². The Bertz CT molecular complexity index is 459. The second-order valence-corrected chi connectivity index (χ2v) is 3.69. The number of carboxylic acid groups (broad SMARTS) is 1. The van der Waals surface area contributed by atoms with E-state index in [1.54, 1.807) is 0 Å². The number of anilines is 1. The molecule has 1 rings (SSSR count). The van der Waals surface area contributed by atoms with Crippen molar-refractivity contribution in [2.75, 3.05) is 25.2 Å². The largest absolute Gasteiger partial charge is 0.481 e. The summed E-state index contributed by atoms with van der Waals surface area (Å²) in [5, 5.41) is 8.60. The predicted molar refractivity (Wildman–Crippen MR) is 62.8 cm³/mol. The number of carbonyl (C=O) groups is 2. The summed E-state index contributed by atoms with van der Waals surface area (Å²) in [5.41, 5.74) is -0.564. The first-order chi connectivity index (χ1) is 8.97. The van der Waals surface area contributed by atoms with Crippen molar-refractivity contribution in [3.05, 3.63) is 29.8 Å². The third-order valence-electron chi connectivity index (χ3n) is 2.33. The van der Waals surface area contributed by atoms with Gasteiger partial charge in [0.2, 0.25) is 0 Å². The number of halogens is 2. The topological polar surface area (TPSA) is 66.8 Å². The van der Waals surface area contributed by atoms with E-state index in [0.29, 0.717) is 0 Å². The number of aliphatic carboxylic acids is 1. The summed E-state index contributed by atoms with van der Waals surface area (Å²) in [6.45, 7) is -0.733. The van der Waals surface area contributed by atoms with E-state index in [9.17, 15) is 18.4 Å². The van der Waals surface area contributed by atoms with E-state index < -0.39 is 42.2 Å². The van der Waals surface area contributed by atoms with E-state index in [0.717, 1.165) is 23.1 Å². The average molecular weight is 273 g/mol. The van der Waals surface area contributed by atoms with E-state index in [1.165, 1.54) is 7.11 Å². The van der Waals surface area contributed by atoms with Crippen LogP contribution < -0.4 is 4.90 Å². The van der Waals surface area contributed by atoms with Crippen LogP contribution in [0.3, 0.4) is 0 Å². The average Bonchev–Trinajstić information content (AvgIpc) is 2.32. The van der Waals surface area contributed by atoms with Gasteiger partial charge in [-0.15, -0.1) is 0 Å². The molecule has 1 aromatic rings. The fourth-order valence-electron chi connectivity index (χ4n) is 1.52. The van der Waals surface area contributed by atoms with Gasteiger partial charge in [0.1, 0.15) is 23.9 Å². The number of ether oxygens (including phenoxy) is 1. The number of benzene rings is 1. The number of hydrogen-bond acceptors (Lipinski definition) is 3. The Labute approximate surface area is 108 Å². The van der Waals surface area contributed by atoms with Crippen molar-refractivity contribution in [2.24, 2.45) is 0 Å². The molecule has 0 unspecified atom stereocenters. The molecule has 7 heteroatoms. The third kappa shape index (κ3) is 3.99. The van der Waals surface area contributed by atoms with Crippen molar-refractivity contribution < 1.29 is 28.2 Å². The van der Waals surface area contributed by atoms with Gasteiger partial charge < -0.3 is 14.7 Å². The van der Waals surface area contributed by atoms with Gasteiger partial charge in [0.25, 0.3) is 5.91 Å². The van der Waals surface area contributed by atoms with Crippen molar-refractivity contribution in [2.45, 2.75) is 6.42 Å². The molecule has 1 aromatic carbocycles. The number of carbonyl (C=O) groups excluding carboxylic acids is 1. The smallest absolute Gasteiger partial charge is 0.305 e. The van der Waals surface area contributed by atoms with Crippen molar-refractivity contribution in [3.8, 4) is 0 Å².